The lowest BCUT2D eigenvalue weighted by Gasteiger charge is -2.11. The van der Waals surface area contributed by atoms with Gasteiger partial charge in [0.2, 0.25) is 10.0 Å². The molecule has 1 aliphatic heterocycles. The number of hydrogen-bond donors (Lipinski definition) is 1. The van der Waals surface area contributed by atoms with E-state index in [0.717, 1.165) is 18.4 Å². The van der Waals surface area contributed by atoms with E-state index in [9.17, 15) is 8.42 Å². The molecule has 0 unspecified atom stereocenters. The lowest BCUT2D eigenvalue weighted by molar-refractivity contribution is 0.127. The van der Waals surface area contributed by atoms with Gasteiger partial charge in [-0.3, -0.25) is 4.72 Å². The molecule has 0 spiro atoms. The summed E-state index contributed by atoms with van der Waals surface area (Å²) in [7, 11) is -3.49. The predicted octanol–water partition coefficient (Wildman–Crippen LogP) is 2.26. The highest BCUT2D eigenvalue weighted by atomic mass is 32.2. The fraction of sp³-hybridized carbons (Fsp3) is 0.357. The van der Waals surface area contributed by atoms with Gasteiger partial charge >= 0.3 is 0 Å². The number of aromatic nitrogens is 1. The number of anilines is 1. The van der Waals surface area contributed by atoms with Crippen molar-refractivity contribution in [2.75, 3.05) is 17.1 Å². The maximum atomic E-state index is 12.2. The summed E-state index contributed by atoms with van der Waals surface area (Å²) in [5.74, 6) is 0.360. The monoisotopic (exact) mass is 308 g/mol. The SMILES string of the molecule is O=S(=O)(C[C@@H]1CCCO1)Nc1cnoc1-c1ccccc1. The molecule has 6 nitrogen and oxygen atoms in total. The second-order valence-electron chi connectivity index (χ2n) is 4.95. The van der Waals surface area contributed by atoms with E-state index >= 15 is 0 Å². The topological polar surface area (TPSA) is 81.4 Å². The Morgan fingerprint density at radius 2 is 2.10 bits per heavy atom. The van der Waals surface area contributed by atoms with Crippen LogP contribution in [-0.2, 0) is 14.8 Å². The van der Waals surface area contributed by atoms with Gasteiger partial charge in [0.15, 0.2) is 5.76 Å². The molecule has 7 heteroatoms. The minimum absolute atomic E-state index is 0.0492. The summed E-state index contributed by atoms with van der Waals surface area (Å²) in [6.45, 7) is 0.628. The van der Waals surface area contributed by atoms with Gasteiger partial charge in [-0.15, -0.1) is 0 Å². The molecule has 3 rings (SSSR count). The van der Waals surface area contributed by atoms with Crippen molar-refractivity contribution in [3.8, 4) is 11.3 Å². The van der Waals surface area contributed by atoms with Gasteiger partial charge in [-0.1, -0.05) is 35.5 Å². The van der Waals surface area contributed by atoms with Crippen LogP contribution in [0.3, 0.4) is 0 Å². The zero-order valence-corrected chi connectivity index (χ0v) is 12.2. The Hall–Kier alpha value is -1.86. The number of nitrogens with one attached hydrogen (secondary N) is 1. The van der Waals surface area contributed by atoms with Crippen LogP contribution in [-0.4, -0.2) is 32.0 Å². The fourth-order valence-corrected chi connectivity index (χ4v) is 3.66. The van der Waals surface area contributed by atoms with Crippen molar-refractivity contribution >= 4 is 15.7 Å². The molecular weight excluding hydrogens is 292 g/mol. The Morgan fingerprint density at radius 3 is 2.81 bits per heavy atom. The molecule has 21 heavy (non-hydrogen) atoms. The van der Waals surface area contributed by atoms with Crippen LogP contribution in [0.15, 0.2) is 41.1 Å². The van der Waals surface area contributed by atoms with Crippen LogP contribution in [0.1, 0.15) is 12.8 Å². The molecule has 112 valence electrons. The summed E-state index contributed by atoms with van der Waals surface area (Å²) < 4.78 is 37.4. The Kier molecular flexibility index (Phi) is 3.94. The van der Waals surface area contributed by atoms with Gasteiger partial charge in [0.1, 0.15) is 5.69 Å². The van der Waals surface area contributed by atoms with Gasteiger partial charge in [0.05, 0.1) is 18.1 Å². The summed E-state index contributed by atoms with van der Waals surface area (Å²) in [5, 5.41) is 3.68. The zero-order valence-electron chi connectivity index (χ0n) is 11.4. The standard InChI is InChI=1S/C14H16N2O4S/c17-21(18,10-12-7-4-8-19-12)16-13-9-15-20-14(13)11-5-2-1-3-6-11/h1-3,5-6,9,12,16H,4,7-8,10H2/t12-/m0/s1. The summed E-state index contributed by atoms with van der Waals surface area (Å²) in [4.78, 5) is 0. The van der Waals surface area contributed by atoms with E-state index in [1.54, 1.807) is 0 Å². The molecular formula is C14H16N2O4S. The molecule has 0 aliphatic carbocycles. The summed E-state index contributed by atoms with van der Waals surface area (Å²) in [6, 6.07) is 9.24. The molecule has 0 amide bonds. The lowest BCUT2D eigenvalue weighted by Crippen LogP contribution is -2.25. The third kappa shape index (κ3) is 3.43. The predicted molar refractivity (Wildman–Crippen MR) is 78.3 cm³/mol. The first kappa shape index (κ1) is 14.1. The first-order valence-corrected chi connectivity index (χ1v) is 8.41. The lowest BCUT2D eigenvalue weighted by atomic mass is 10.1. The van der Waals surface area contributed by atoms with Gasteiger partial charge in [-0.25, -0.2) is 8.42 Å². The summed E-state index contributed by atoms with van der Waals surface area (Å²) in [6.07, 6.45) is 2.82. The van der Waals surface area contributed by atoms with Gasteiger partial charge in [-0.05, 0) is 12.8 Å². The first-order valence-electron chi connectivity index (χ1n) is 6.76. The molecule has 1 atom stereocenters. The Morgan fingerprint density at radius 1 is 1.29 bits per heavy atom. The largest absolute Gasteiger partial charge is 0.377 e. The number of benzene rings is 1. The highest BCUT2D eigenvalue weighted by molar-refractivity contribution is 7.92. The number of ether oxygens (including phenoxy) is 1. The van der Waals surface area contributed by atoms with Crippen LogP contribution in [0.2, 0.25) is 0 Å². The Bertz CT molecular complexity index is 691. The van der Waals surface area contributed by atoms with E-state index in [1.807, 2.05) is 30.3 Å². The molecule has 1 aromatic heterocycles. The Labute approximate surface area is 123 Å². The van der Waals surface area contributed by atoms with Crippen LogP contribution in [0.4, 0.5) is 5.69 Å². The average Bonchev–Trinajstić information content (AvgIpc) is 3.10. The first-order chi connectivity index (χ1) is 10.1. The van der Waals surface area contributed by atoms with Gasteiger partial charge in [-0.2, -0.15) is 0 Å². The van der Waals surface area contributed by atoms with E-state index in [0.29, 0.717) is 18.1 Å². The second kappa shape index (κ2) is 5.87. The Balaban J connectivity index is 1.77. The van der Waals surface area contributed by atoms with Crippen LogP contribution < -0.4 is 4.72 Å². The quantitative estimate of drug-likeness (QED) is 0.916. The molecule has 0 saturated carbocycles. The molecule has 0 radical (unpaired) electrons. The van der Waals surface area contributed by atoms with Crippen molar-refractivity contribution in [2.45, 2.75) is 18.9 Å². The maximum Gasteiger partial charge on any atom is 0.235 e. The molecule has 1 aromatic carbocycles. The van der Waals surface area contributed by atoms with E-state index in [2.05, 4.69) is 9.88 Å². The minimum Gasteiger partial charge on any atom is -0.377 e. The molecule has 1 N–H and O–H groups in total. The molecule has 2 aromatic rings. The van der Waals surface area contributed by atoms with Gasteiger partial charge in [0, 0.05) is 12.2 Å². The normalized spacial score (nSPS) is 18.8. The maximum absolute atomic E-state index is 12.2. The fourth-order valence-electron chi connectivity index (χ4n) is 2.34. The molecule has 2 heterocycles. The van der Waals surface area contributed by atoms with Crippen LogP contribution >= 0.6 is 0 Å². The van der Waals surface area contributed by atoms with Crippen molar-refractivity contribution in [3.63, 3.8) is 0 Å². The van der Waals surface area contributed by atoms with Crippen molar-refractivity contribution in [1.82, 2.24) is 5.16 Å². The number of nitrogens with zero attached hydrogens (tertiary/aromatic N) is 1. The van der Waals surface area contributed by atoms with Crippen LogP contribution in [0.5, 0.6) is 0 Å². The van der Waals surface area contributed by atoms with E-state index < -0.39 is 10.0 Å². The summed E-state index contributed by atoms with van der Waals surface area (Å²) >= 11 is 0. The molecule has 1 fully saturated rings. The second-order valence-corrected chi connectivity index (χ2v) is 6.72. The summed E-state index contributed by atoms with van der Waals surface area (Å²) in [5.41, 5.74) is 1.11. The molecule has 1 saturated heterocycles. The third-order valence-corrected chi connectivity index (χ3v) is 4.64. The van der Waals surface area contributed by atoms with Crippen LogP contribution in [0.25, 0.3) is 11.3 Å². The van der Waals surface area contributed by atoms with E-state index in [4.69, 9.17) is 9.26 Å². The van der Waals surface area contributed by atoms with Gasteiger partial charge in [0.25, 0.3) is 0 Å². The highest BCUT2D eigenvalue weighted by Crippen LogP contribution is 2.28. The van der Waals surface area contributed by atoms with Crippen molar-refractivity contribution in [1.29, 1.82) is 0 Å². The van der Waals surface area contributed by atoms with E-state index in [-0.39, 0.29) is 11.9 Å². The van der Waals surface area contributed by atoms with Crippen molar-refractivity contribution in [2.24, 2.45) is 0 Å². The molecule has 1 aliphatic rings. The molecule has 0 bridgehead atoms. The average molecular weight is 308 g/mol. The van der Waals surface area contributed by atoms with Crippen molar-refractivity contribution < 1.29 is 17.7 Å². The van der Waals surface area contributed by atoms with E-state index in [1.165, 1.54) is 6.20 Å². The zero-order chi connectivity index (χ0) is 14.7. The third-order valence-electron chi connectivity index (χ3n) is 3.30. The van der Waals surface area contributed by atoms with Crippen LogP contribution in [0, 0.1) is 0 Å². The number of sulfonamides is 1. The smallest absolute Gasteiger partial charge is 0.235 e. The van der Waals surface area contributed by atoms with Gasteiger partial charge < -0.3 is 9.26 Å². The minimum atomic E-state index is -3.49. The number of hydrogen-bond acceptors (Lipinski definition) is 5. The van der Waals surface area contributed by atoms with Crippen molar-refractivity contribution in [3.05, 3.63) is 36.5 Å². The highest BCUT2D eigenvalue weighted by Gasteiger charge is 2.25. The number of rotatable bonds is 5.